The van der Waals surface area contributed by atoms with Crippen LogP contribution in [0.1, 0.15) is 18.2 Å². The number of carbonyl (C=O) groups excluding carboxylic acids is 1. The molecule has 0 saturated carbocycles. The number of benzene rings is 1. The molecule has 2 amide bonds. The van der Waals surface area contributed by atoms with Crippen molar-refractivity contribution in [3.63, 3.8) is 0 Å². The summed E-state index contributed by atoms with van der Waals surface area (Å²) >= 11 is 0. The summed E-state index contributed by atoms with van der Waals surface area (Å²) in [6.07, 6.45) is 3.39. The van der Waals surface area contributed by atoms with Crippen LogP contribution in [0.25, 0.3) is 10.8 Å². The van der Waals surface area contributed by atoms with Gasteiger partial charge in [-0.15, -0.1) is 0 Å². The van der Waals surface area contributed by atoms with Gasteiger partial charge in [0.2, 0.25) is 0 Å². The molecule has 0 spiro atoms. The number of pyridine rings is 1. The number of amides is 2. The number of aromatic nitrogens is 3. The highest BCUT2D eigenvalue weighted by Crippen LogP contribution is 2.13. The second-order valence-electron chi connectivity index (χ2n) is 5.53. The van der Waals surface area contributed by atoms with Crippen LogP contribution in [-0.4, -0.2) is 27.3 Å². The summed E-state index contributed by atoms with van der Waals surface area (Å²) in [5, 5.41) is 11.2. The van der Waals surface area contributed by atoms with Crippen LogP contribution in [0.3, 0.4) is 0 Å². The first kappa shape index (κ1) is 16.6. The second-order valence-corrected chi connectivity index (χ2v) is 5.53. The second kappa shape index (κ2) is 7.57. The van der Waals surface area contributed by atoms with Gasteiger partial charge in [0.15, 0.2) is 0 Å². The first-order valence-corrected chi connectivity index (χ1v) is 8.08. The van der Waals surface area contributed by atoms with Gasteiger partial charge in [-0.05, 0) is 24.6 Å². The van der Waals surface area contributed by atoms with E-state index in [9.17, 15) is 9.59 Å². The molecule has 2 heterocycles. The lowest BCUT2D eigenvalue weighted by Crippen LogP contribution is -2.35. The van der Waals surface area contributed by atoms with Crippen molar-refractivity contribution < 1.29 is 4.79 Å². The van der Waals surface area contributed by atoms with E-state index in [1.807, 2.05) is 37.3 Å². The quantitative estimate of drug-likeness (QED) is 0.741. The maximum absolute atomic E-state index is 12.7. The molecule has 1 aromatic carbocycles. The van der Waals surface area contributed by atoms with E-state index in [-0.39, 0.29) is 18.1 Å². The lowest BCUT2D eigenvalue weighted by Gasteiger charge is -2.12. The average Bonchev–Trinajstić information content (AvgIpc) is 2.64. The van der Waals surface area contributed by atoms with Gasteiger partial charge in [-0.2, -0.15) is 5.10 Å². The van der Waals surface area contributed by atoms with Crippen LogP contribution < -0.4 is 16.2 Å². The Morgan fingerprint density at radius 1 is 1.12 bits per heavy atom. The predicted octanol–water partition coefficient (Wildman–Crippen LogP) is 1.66. The highest BCUT2D eigenvalue weighted by Gasteiger charge is 2.11. The van der Waals surface area contributed by atoms with Crippen LogP contribution in [0.5, 0.6) is 0 Å². The fraction of sp³-hybridized carbons (Fsp3) is 0.222. The molecule has 3 rings (SSSR count). The molecule has 2 aromatic heterocycles. The van der Waals surface area contributed by atoms with Crippen LogP contribution in [0.2, 0.25) is 0 Å². The Labute approximate surface area is 144 Å². The summed E-state index contributed by atoms with van der Waals surface area (Å²) in [6, 6.07) is 10.7. The van der Waals surface area contributed by atoms with Crippen LogP contribution in [0.4, 0.5) is 4.79 Å². The Hall–Kier alpha value is -3.22. The van der Waals surface area contributed by atoms with Gasteiger partial charge < -0.3 is 10.6 Å². The number of urea groups is 1. The van der Waals surface area contributed by atoms with Gasteiger partial charge >= 0.3 is 6.03 Å². The van der Waals surface area contributed by atoms with Gasteiger partial charge in [0.1, 0.15) is 0 Å². The van der Waals surface area contributed by atoms with E-state index in [0.717, 1.165) is 10.9 Å². The minimum atomic E-state index is -0.265. The molecule has 0 atom stereocenters. The third kappa shape index (κ3) is 3.82. The molecule has 0 fully saturated rings. The van der Waals surface area contributed by atoms with Gasteiger partial charge in [-0.25, -0.2) is 9.48 Å². The maximum Gasteiger partial charge on any atom is 0.315 e. The molecule has 3 aromatic rings. The van der Waals surface area contributed by atoms with Crippen molar-refractivity contribution in [3.8, 4) is 0 Å². The summed E-state index contributed by atoms with van der Waals surface area (Å²) < 4.78 is 1.41. The number of nitrogens with one attached hydrogen (secondary N) is 2. The maximum atomic E-state index is 12.7. The molecule has 0 radical (unpaired) electrons. The van der Waals surface area contributed by atoms with Gasteiger partial charge in [0.25, 0.3) is 5.56 Å². The number of hydrogen-bond donors (Lipinski definition) is 2. The largest absolute Gasteiger partial charge is 0.338 e. The van der Waals surface area contributed by atoms with Crippen molar-refractivity contribution in [2.24, 2.45) is 0 Å². The fourth-order valence-electron chi connectivity index (χ4n) is 2.59. The van der Waals surface area contributed by atoms with E-state index in [1.54, 1.807) is 18.5 Å². The Morgan fingerprint density at radius 3 is 2.64 bits per heavy atom. The highest BCUT2D eigenvalue weighted by molar-refractivity contribution is 5.84. The SMILES string of the molecule is CCNC(=O)NCc1nn(Cc2cccnc2)c(=O)c2ccccc12. The van der Waals surface area contributed by atoms with Crippen molar-refractivity contribution in [1.82, 2.24) is 25.4 Å². The normalized spacial score (nSPS) is 10.6. The zero-order valence-electron chi connectivity index (χ0n) is 13.9. The monoisotopic (exact) mass is 337 g/mol. The highest BCUT2D eigenvalue weighted by atomic mass is 16.2. The van der Waals surface area contributed by atoms with Crippen molar-refractivity contribution in [2.45, 2.75) is 20.0 Å². The molecule has 7 nitrogen and oxygen atoms in total. The van der Waals surface area contributed by atoms with E-state index in [2.05, 4.69) is 20.7 Å². The van der Waals surface area contributed by atoms with Crippen LogP contribution in [-0.2, 0) is 13.1 Å². The summed E-state index contributed by atoms with van der Waals surface area (Å²) in [5.74, 6) is 0. The number of carbonyl (C=O) groups is 1. The first-order chi connectivity index (χ1) is 12.2. The topological polar surface area (TPSA) is 88.9 Å². The van der Waals surface area contributed by atoms with Crippen molar-refractivity contribution >= 4 is 16.8 Å². The van der Waals surface area contributed by atoms with E-state index < -0.39 is 0 Å². The molecule has 25 heavy (non-hydrogen) atoms. The minimum absolute atomic E-state index is 0.166. The molecule has 0 saturated heterocycles. The van der Waals surface area contributed by atoms with Crippen molar-refractivity contribution in [1.29, 1.82) is 0 Å². The van der Waals surface area contributed by atoms with Crippen molar-refractivity contribution in [2.75, 3.05) is 6.54 Å². The van der Waals surface area contributed by atoms with Gasteiger partial charge in [0.05, 0.1) is 24.2 Å². The zero-order chi connectivity index (χ0) is 17.6. The smallest absolute Gasteiger partial charge is 0.315 e. The molecule has 0 aliphatic heterocycles. The van der Waals surface area contributed by atoms with Crippen LogP contribution >= 0.6 is 0 Å². The first-order valence-electron chi connectivity index (χ1n) is 8.08. The molecule has 128 valence electrons. The predicted molar refractivity (Wildman–Crippen MR) is 95.3 cm³/mol. The molecule has 0 aliphatic carbocycles. The standard InChI is InChI=1S/C18H19N5O2/c1-2-20-18(25)21-11-16-14-7-3-4-8-15(14)17(24)23(22-16)12-13-6-5-9-19-10-13/h3-10H,2,11-12H2,1H3,(H2,20,21,25). The summed E-state index contributed by atoms with van der Waals surface area (Å²) in [7, 11) is 0. The molecular weight excluding hydrogens is 318 g/mol. The van der Waals surface area contributed by atoms with Crippen LogP contribution in [0.15, 0.2) is 53.6 Å². The minimum Gasteiger partial charge on any atom is -0.338 e. The van der Waals surface area contributed by atoms with E-state index in [0.29, 0.717) is 24.2 Å². The fourth-order valence-corrected chi connectivity index (χ4v) is 2.59. The number of hydrogen-bond acceptors (Lipinski definition) is 4. The number of fused-ring (bicyclic) bond motifs is 1. The number of nitrogens with zero attached hydrogens (tertiary/aromatic N) is 3. The lowest BCUT2D eigenvalue weighted by atomic mass is 10.1. The molecule has 2 N–H and O–H groups in total. The third-order valence-corrected chi connectivity index (χ3v) is 3.75. The molecule has 0 unspecified atom stereocenters. The van der Waals surface area contributed by atoms with E-state index in [1.165, 1.54) is 4.68 Å². The van der Waals surface area contributed by atoms with E-state index in [4.69, 9.17) is 0 Å². The zero-order valence-corrected chi connectivity index (χ0v) is 13.9. The Balaban J connectivity index is 1.98. The third-order valence-electron chi connectivity index (χ3n) is 3.75. The Bertz CT molecular complexity index is 937. The summed E-state index contributed by atoms with van der Waals surface area (Å²) in [5.41, 5.74) is 1.36. The average molecular weight is 337 g/mol. The molecule has 7 heteroatoms. The molecule has 0 aliphatic rings. The van der Waals surface area contributed by atoms with E-state index >= 15 is 0 Å². The van der Waals surface area contributed by atoms with Gasteiger partial charge in [-0.1, -0.05) is 24.3 Å². The van der Waals surface area contributed by atoms with Crippen LogP contribution in [0, 0.1) is 0 Å². The Morgan fingerprint density at radius 2 is 1.92 bits per heavy atom. The number of rotatable bonds is 5. The lowest BCUT2D eigenvalue weighted by molar-refractivity contribution is 0.241. The molecule has 0 bridgehead atoms. The van der Waals surface area contributed by atoms with Gasteiger partial charge in [-0.3, -0.25) is 9.78 Å². The Kier molecular flexibility index (Phi) is 5.03. The summed E-state index contributed by atoms with van der Waals surface area (Å²) in [6.45, 7) is 2.95. The molecular formula is C18H19N5O2. The van der Waals surface area contributed by atoms with Crippen molar-refractivity contribution in [3.05, 3.63) is 70.4 Å². The van der Waals surface area contributed by atoms with Gasteiger partial charge in [0, 0.05) is 24.3 Å². The summed E-state index contributed by atoms with van der Waals surface area (Å²) in [4.78, 5) is 28.4.